The van der Waals surface area contributed by atoms with Crippen LogP contribution >= 0.6 is 0 Å². The number of aryl methyl sites for hydroxylation is 1. The van der Waals surface area contributed by atoms with Crippen molar-refractivity contribution in [1.82, 2.24) is 10.6 Å². The van der Waals surface area contributed by atoms with Crippen LogP contribution in [0.5, 0.6) is 0 Å². The molecule has 0 radical (unpaired) electrons. The molecule has 0 saturated carbocycles. The second-order valence-corrected chi connectivity index (χ2v) is 6.58. The molecule has 1 aliphatic heterocycles. The molecule has 0 aromatic heterocycles. The average molecular weight is 322 g/mol. The molecule has 0 unspecified atom stereocenters. The summed E-state index contributed by atoms with van der Waals surface area (Å²) in [5, 5.41) is 6.37. The number of fused-ring (bicyclic) bond motifs is 1. The second kappa shape index (κ2) is 8.11. The van der Waals surface area contributed by atoms with Gasteiger partial charge in [0.25, 0.3) is 0 Å². The van der Waals surface area contributed by atoms with Crippen LogP contribution in [0.3, 0.4) is 0 Å². The Bertz CT molecular complexity index is 691. The van der Waals surface area contributed by atoms with Gasteiger partial charge < -0.3 is 10.6 Å². The molecule has 2 aromatic carbocycles. The fourth-order valence-corrected chi connectivity index (χ4v) is 3.11. The minimum atomic E-state index is 0.0786. The molecule has 3 heteroatoms. The Labute approximate surface area is 144 Å². The number of carbonyl (C=O) groups excluding carboxylic acids is 1. The van der Waals surface area contributed by atoms with Crippen molar-refractivity contribution in [3.8, 4) is 0 Å². The summed E-state index contributed by atoms with van der Waals surface area (Å²) in [6.45, 7) is 4.69. The maximum Gasteiger partial charge on any atom is 0.224 e. The number of amides is 1. The first-order valence-corrected chi connectivity index (χ1v) is 8.90. The lowest BCUT2D eigenvalue weighted by Crippen LogP contribution is -2.24. The fraction of sp³-hybridized carbons (Fsp3) is 0.381. The number of benzene rings is 2. The van der Waals surface area contributed by atoms with Gasteiger partial charge in [0.1, 0.15) is 0 Å². The van der Waals surface area contributed by atoms with Gasteiger partial charge in [0.15, 0.2) is 0 Å². The molecule has 0 fully saturated rings. The topological polar surface area (TPSA) is 41.1 Å². The molecule has 126 valence electrons. The zero-order valence-electron chi connectivity index (χ0n) is 14.4. The maximum absolute atomic E-state index is 12.2. The number of unbranched alkanes of at least 4 members (excludes halogenated alkanes) is 1. The predicted molar refractivity (Wildman–Crippen MR) is 97.6 cm³/mol. The summed E-state index contributed by atoms with van der Waals surface area (Å²) in [5.41, 5.74) is 6.32. The van der Waals surface area contributed by atoms with E-state index in [9.17, 15) is 4.79 Å². The van der Waals surface area contributed by atoms with Gasteiger partial charge in [0.2, 0.25) is 5.91 Å². The summed E-state index contributed by atoms with van der Waals surface area (Å²) >= 11 is 0. The Balaban J connectivity index is 1.48. The molecule has 0 saturated heterocycles. The van der Waals surface area contributed by atoms with Crippen molar-refractivity contribution >= 4 is 5.91 Å². The Hall–Kier alpha value is -2.13. The largest absolute Gasteiger partial charge is 0.352 e. The average Bonchev–Trinajstić information content (AvgIpc) is 3.07. The van der Waals surface area contributed by atoms with E-state index >= 15 is 0 Å². The Morgan fingerprint density at radius 1 is 1.00 bits per heavy atom. The van der Waals surface area contributed by atoms with Crippen molar-refractivity contribution in [2.24, 2.45) is 0 Å². The molecule has 1 amide bonds. The zero-order valence-corrected chi connectivity index (χ0v) is 14.4. The van der Waals surface area contributed by atoms with Gasteiger partial charge in [-0.25, -0.2) is 0 Å². The van der Waals surface area contributed by atoms with E-state index in [0.29, 0.717) is 13.0 Å². The third-order valence-electron chi connectivity index (χ3n) is 4.60. The summed E-state index contributed by atoms with van der Waals surface area (Å²) in [6.07, 6.45) is 4.00. The lowest BCUT2D eigenvalue weighted by Gasteiger charge is -2.08. The number of hydrogen-bond donors (Lipinski definition) is 2. The molecule has 0 spiro atoms. The molecule has 24 heavy (non-hydrogen) atoms. The van der Waals surface area contributed by atoms with Crippen LogP contribution in [0, 0.1) is 0 Å². The van der Waals surface area contributed by atoms with Gasteiger partial charge in [-0.1, -0.05) is 55.8 Å². The SMILES string of the molecule is CCCCc1ccc(CC(=O)NCc2ccc3c(c2)CNC3)cc1. The van der Waals surface area contributed by atoms with Gasteiger partial charge in [-0.15, -0.1) is 0 Å². The summed E-state index contributed by atoms with van der Waals surface area (Å²) in [5.74, 6) is 0.0786. The highest BCUT2D eigenvalue weighted by molar-refractivity contribution is 5.78. The molecule has 0 bridgehead atoms. The van der Waals surface area contributed by atoms with E-state index in [4.69, 9.17) is 0 Å². The van der Waals surface area contributed by atoms with E-state index in [1.165, 1.54) is 35.1 Å². The molecule has 0 aliphatic carbocycles. The fourth-order valence-electron chi connectivity index (χ4n) is 3.11. The smallest absolute Gasteiger partial charge is 0.224 e. The van der Waals surface area contributed by atoms with Crippen molar-refractivity contribution in [2.45, 2.75) is 52.2 Å². The monoisotopic (exact) mass is 322 g/mol. The van der Waals surface area contributed by atoms with Crippen molar-refractivity contribution in [1.29, 1.82) is 0 Å². The highest BCUT2D eigenvalue weighted by Crippen LogP contribution is 2.17. The van der Waals surface area contributed by atoms with Crippen LogP contribution in [0.1, 0.15) is 47.6 Å². The maximum atomic E-state index is 12.2. The lowest BCUT2D eigenvalue weighted by molar-refractivity contribution is -0.120. The van der Waals surface area contributed by atoms with Gasteiger partial charge in [-0.3, -0.25) is 4.79 Å². The molecule has 3 rings (SSSR count). The van der Waals surface area contributed by atoms with Crippen LogP contribution in [0.4, 0.5) is 0 Å². The van der Waals surface area contributed by atoms with E-state index in [2.05, 4.69) is 60.0 Å². The van der Waals surface area contributed by atoms with Gasteiger partial charge in [0.05, 0.1) is 6.42 Å². The van der Waals surface area contributed by atoms with E-state index < -0.39 is 0 Å². The van der Waals surface area contributed by atoms with Crippen molar-refractivity contribution < 1.29 is 4.79 Å². The van der Waals surface area contributed by atoms with Gasteiger partial charge >= 0.3 is 0 Å². The van der Waals surface area contributed by atoms with E-state index in [0.717, 1.165) is 25.1 Å². The standard InChI is InChI=1S/C21H26N2O/c1-2-3-4-16-5-7-17(8-6-16)12-21(24)23-13-18-9-10-19-14-22-15-20(19)11-18/h5-11,22H,2-4,12-15H2,1H3,(H,23,24). The number of hydrogen-bond acceptors (Lipinski definition) is 2. The van der Waals surface area contributed by atoms with Gasteiger partial charge in [-0.05, 0) is 40.7 Å². The quantitative estimate of drug-likeness (QED) is 0.819. The zero-order chi connectivity index (χ0) is 16.8. The normalized spacial score (nSPS) is 12.9. The minimum absolute atomic E-state index is 0.0786. The molecule has 0 atom stereocenters. The lowest BCUT2D eigenvalue weighted by atomic mass is 10.0. The molecule has 3 nitrogen and oxygen atoms in total. The predicted octanol–water partition coefficient (Wildman–Crippen LogP) is 3.49. The first kappa shape index (κ1) is 16.7. The molecule has 2 aromatic rings. The highest BCUT2D eigenvalue weighted by Gasteiger charge is 2.10. The molecule has 1 aliphatic rings. The van der Waals surface area contributed by atoms with Crippen LogP contribution in [0.25, 0.3) is 0 Å². The van der Waals surface area contributed by atoms with Crippen LogP contribution in [0.2, 0.25) is 0 Å². The summed E-state index contributed by atoms with van der Waals surface area (Å²) in [6, 6.07) is 14.9. The number of nitrogens with one attached hydrogen (secondary N) is 2. The summed E-state index contributed by atoms with van der Waals surface area (Å²) in [7, 11) is 0. The number of carbonyl (C=O) groups is 1. The van der Waals surface area contributed by atoms with Crippen molar-refractivity contribution in [3.05, 3.63) is 70.3 Å². The van der Waals surface area contributed by atoms with Crippen LogP contribution in [-0.4, -0.2) is 5.91 Å². The van der Waals surface area contributed by atoms with Crippen LogP contribution in [0.15, 0.2) is 42.5 Å². The minimum Gasteiger partial charge on any atom is -0.352 e. The Morgan fingerprint density at radius 3 is 2.50 bits per heavy atom. The molecular formula is C21H26N2O. The Morgan fingerprint density at radius 2 is 1.71 bits per heavy atom. The van der Waals surface area contributed by atoms with Crippen LogP contribution in [-0.2, 0) is 37.3 Å². The first-order chi connectivity index (χ1) is 11.7. The molecular weight excluding hydrogens is 296 g/mol. The van der Waals surface area contributed by atoms with E-state index in [1.54, 1.807) is 0 Å². The third-order valence-corrected chi connectivity index (χ3v) is 4.60. The van der Waals surface area contributed by atoms with Crippen molar-refractivity contribution in [2.75, 3.05) is 0 Å². The highest BCUT2D eigenvalue weighted by atomic mass is 16.1. The van der Waals surface area contributed by atoms with Gasteiger partial charge in [-0.2, -0.15) is 0 Å². The molecule has 2 N–H and O–H groups in total. The summed E-state index contributed by atoms with van der Waals surface area (Å²) in [4.78, 5) is 12.2. The van der Waals surface area contributed by atoms with E-state index in [-0.39, 0.29) is 5.91 Å². The third kappa shape index (κ3) is 4.45. The Kier molecular flexibility index (Phi) is 5.65. The second-order valence-electron chi connectivity index (χ2n) is 6.58. The van der Waals surface area contributed by atoms with Crippen molar-refractivity contribution in [3.63, 3.8) is 0 Å². The number of rotatable bonds is 7. The first-order valence-electron chi connectivity index (χ1n) is 8.90. The molecule has 1 heterocycles. The van der Waals surface area contributed by atoms with Gasteiger partial charge in [0, 0.05) is 19.6 Å². The van der Waals surface area contributed by atoms with Crippen LogP contribution < -0.4 is 10.6 Å². The summed E-state index contributed by atoms with van der Waals surface area (Å²) < 4.78 is 0. The van der Waals surface area contributed by atoms with E-state index in [1.807, 2.05) is 0 Å².